The summed E-state index contributed by atoms with van der Waals surface area (Å²) < 4.78 is 23.2. The zero-order chi connectivity index (χ0) is 14.2. The zero-order valence-electron chi connectivity index (χ0n) is 13.0. The highest BCUT2D eigenvalue weighted by Gasteiger charge is 2.33. The van der Waals surface area contributed by atoms with E-state index in [1.807, 2.05) is 0 Å². The number of hydrogen-bond donors (Lipinski definition) is 0. The van der Waals surface area contributed by atoms with E-state index in [-0.39, 0.29) is 18.5 Å². The molecule has 0 unspecified atom stereocenters. The quantitative estimate of drug-likeness (QED) is 0.673. The van der Waals surface area contributed by atoms with Gasteiger partial charge < -0.3 is 18.9 Å². The zero-order valence-corrected chi connectivity index (χ0v) is 13.0. The summed E-state index contributed by atoms with van der Waals surface area (Å²) in [6.07, 6.45) is 6.98. The number of unbranched alkanes of at least 4 members (excludes halogenated alkanes) is 2. The topological polar surface area (TPSA) is 36.9 Å². The lowest BCUT2D eigenvalue weighted by Crippen LogP contribution is -2.44. The van der Waals surface area contributed by atoms with Gasteiger partial charge in [0.2, 0.25) is 0 Å². The molecule has 0 bridgehead atoms. The van der Waals surface area contributed by atoms with Crippen molar-refractivity contribution in [1.29, 1.82) is 0 Å². The molecule has 4 nitrogen and oxygen atoms in total. The molecule has 0 aromatic heterocycles. The van der Waals surface area contributed by atoms with Crippen LogP contribution in [0.25, 0.3) is 0 Å². The van der Waals surface area contributed by atoms with Crippen molar-refractivity contribution in [3.63, 3.8) is 0 Å². The van der Waals surface area contributed by atoms with Crippen LogP contribution in [0.3, 0.4) is 0 Å². The van der Waals surface area contributed by atoms with Gasteiger partial charge in [0.15, 0.2) is 12.6 Å². The van der Waals surface area contributed by atoms with E-state index in [2.05, 4.69) is 13.8 Å². The van der Waals surface area contributed by atoms with E-state index in [9.17, 15) is 0 Å². The van der Waals surface area contributed by atoms with Crippen molar-refractivity contribution in [2.45, 2.75) is 65.0 Å². The summed E-state index contributed by atoms with van der Waals surface area (Å²) in [5.41, 5.74) is 0. The van der Waals surface area contributed by atoms with Gasteiger partial charge >= 0.3 is 0 Å². The summed E-state index contributed by atoms with van der Waals surface area (Å²) in [6, 6.07) is 0. The lowest BCUT2D eigenvalue weighted by Gasteiger charge is -2.37. The maximum Gasteiger partial charge on any atom is 0.164 e. The predicted octanol–water partition coefficient (Wildman–Crippen LogP) is 3.35. The Morgan fingerprint density at radius 3 is 2.05 bits per heavy atom. The van der Waals surface area contributed by atoms with Crippen molar-refractivity contribution < 1.29 is 18.9 Å². The van der Waals surface area contributed by atoms with Crippen molar-refractivity contribution >= 4 is 0 Å². The standard InChI is InChI=1S/C16H30O4/c1-3-5-6-8-13-9-19-16(20-10-13)14-11-17-15(7-4-2)18-12-14/h13-16H,3-12H2,1-2H3. The van der Waals surface area contributed by atoms with E-state index in [0.717, 1.165) is 26.1 Å². The minimum Gasteiger partial charge on any atom is -0.352 e. The van der Waals surface area contributed by atoms with Gasteiger partial charge in [-0.05, 0) is 12.8 Å². The second-order valence-electron chi connectivity index (χ2n) is 6.04. The van der Waals surface area contributed by atoms with Gasteiger partial charge in [-0.1, -0.05) is 39.5 Å². The van der Waals surface area contributed by atoms with E-state index in [4.69, 9.17) is 18.9 Å². The molecule has 0 aromatic rings. The number of rotatable bonds is 7. The van der Waals surface area contributed by atoms with Crippen molar-refractivity contribution in [3.8, 4) is 0 Å². The highest BCUT2D eigenvalue weighted by atomic mass is 16.7. The van der Waals surface area contributed by atoms with Crippen molar-refractivity contribution in [3.05, 3.63) is 0 Å². The molecule has 4 heteroatoms. The highest BCUT2D eigenvalue weighted by molar-refractivity contribution is 4.72. The molecule has 0 N–H and O–H groups in total. The molecule has 0 amide bonds. The Bertz CT molecular complexity index is 243. The predicted molar refractivity (Wildman–Crippen MR) is 77.4 cm³/mol. The fourth-order valence-electron chi connectivity index (χ4n) is 2.80. The average molecular weight is 286 g/mol. The summed E-state index contributed by atoms with van der Waals surface area (Å²) in [5.74, 6) is 0.788. The lowest BCUT2D eigenvalue weighted by molar-refractivity contribution is -0.281. The van der Waals surface area contributed by atoms with Gasteiger partial charge in [0.05, 0.1) is 32.3 Å². The van der Waals surface area contributed by atoms with Crippen LogP contribution in [0.5, 0.6) is 0 Å². The molecule has 2 rings (SSSR count). The summed E-state index contributed by atoms with van der Waals surface area (Å²) >= 11 is 0. The first-order valence-corrected chi connectivity index (χ1v) is 8.29. The Labute approximate surface area is 123 Å². The van der Waals surface area contributed by atoms with Gasteiger partial charge in [0, 0.05) is 5.92 Å². The summed E-state index contributed by atoms with van der Waals surface area (Å²) in [4.78, 5) is 0. The van der Waals surface area contributed by atoms with E-state index in [1.54, 1.807) is 0 Å². The molecule has 0 spiro atoms. The number of ether oxygens (including phenoxy) is 4. The Balaban J connectivity index is 1.62. The summed E-state index contributed by atoms with van der Waals surface area (Å²) in [7, 11) is 0. The fraction of sp³-hybridized carbons (Fsp3) is 1.00. The van der Waals surface area contributed by atoms with Crippen LogP contribution in [0.1, 0.15) is 52.4 Å². The normalized spacial score (nSPS) is 35.1. The molecule has 0 saturated carbocycles. The Kier molecular flexibility index (Phi) is 7.28. The second-order valence-corrected chi connectivity index (χ2v) is 6.04. The van der Waals surface area contributed by atoms with E-state index >= 15 is 0 Å². The minimum absolute atomic E-state index is 0.0263. The largest absolute Gasteiger partial charge is 0.352 e. The Morgan fingerprint density at radius 2 is 1.45 bits per heavy atom. The van der Waals surface area contributed by atoms with E-state index < -0.39 is 0 Å². The van der Waals surface area contributed by atoms with Crippen molar-refractivity contribution in [2.24, 2.45) is 11.8 Å². The van der Waals surface area contributed by atoms with Gasteiger partial charge in [-0.3, -0.25) is 0 Å². The molecular weight excluding hydrogens is 256 g/mol. The Hall–Kier alpha value is -0.160. The lowest BCUT2D eigenvalue weighted by atomic mass is 10.0. The molecule has 2 fully saturated rings. The smallest absolute Gasteiger partial charge is 0.164 e. The minimum atomic E-state index is -0.139. The van der Waals surface area contributed by atoms with Crippen LogP contribution in [0.4, 0.5) is 0 Å². The molecule has 2 aliphatic rings. The molecule has 2 saturated heterocycles. The van der Waals surface area contributed by atoms with Crippen molar-refractivity contribution in [2.75, 3.05) is 26.4 Å². The molecule has 118 valence electrons. The van der Waals surface area contributed by atoms with Gasteiger partial charge in [0.1, 0.15) is 0 Å². The van der Waals surface area contributed by atoms with Crippen LogP contribution < -0.4 is 0 Å². The van der Waals surface area contributed by atoms with Gasteiger partial charge in [0.25, 0.3) is 0 Å². The molecule has 2 heterocycles. The van der Waals surface area contributed by atoms with Crippen LogP contribution in [0, 0.1) is 11.8 Å². The fourth-order valence-corrected chi connectivity index (χ4v) is 2.80. The maximum absolute atomic E-state index is 5.87. The molecule has 0 aliphatic carbocycles. The molecule has 2 aliphatic heterocycles. The van der Waals surface area contributed by atoms with Crippen LogP contribution in [-0.4, -0.2) is 39.0 Å². The third-order valence-corrected chi connectivity index (χ3v) is 4.11. The first kappa shape index (κ1) is 16.2. The molecule has 0 atom stereocenters. The van der Waals surface area contributed by atoms with Crippen molar-refractivity contribution in [1.82, 2.24) is 0 Å². The van der Waals surface area contributed by atoms with Crippen LogP contribution in [0.2, 0.25) is 0 Å². The van der Waals surface area contributed by atoms with E-state index in [0.29, 0.717) is 19.1 Å². The first-order chi connectivity index (χ1) is 9.83. The van der Waals surface area contributed by atoms with E-state index in [1.165, 1.54) is 25.7 Å². The molecule has 0 aromatic carbocycles. The maximum atomic E-state index is 5.87. The SMILES string of the molecule is CCCCCC1COC(C2COC(CCC)OC2)OC1. The highest BCUT2D eigenvalue weighted by Crippen LogP contribution is 2.25. The molecular formula is C16H30O4. The summed E-state index contributed by atoms with van der Waals surface area (Å²) in [5, 5.41) is 0. The molecule has 20 heavy (non-hydrogen) atoms. The summed E-state index contributed by atoms with van der Waals surface area (Å²) in [6.45, 7) is 7.40. The van der Waals surface area contributed by atoms with Crippen LogP contribution in [0.15, 0.2) is 0 Å². The first-order valence-electron chi connectivity index (χ1n) is 8.29. The van der Waals surface area contributed by atoms with Gasteiger partial charge in [-0.15, -0.1) is 0 Å². The monoisotopic (exact) mass is 286 g/mol. The third-order valence-electron chi connectivity index (χ3n) is 4.11. The Morgan fingerprint density at radius 1 is 0.750 bits per heavy atom. The second kappa shape index (κ2) is 8.98. The third kappa shape index (κ3) is 4.99. The molecule has 0 radical (unpaired) electrons. The van der Waals surface area contributed by atoms with Crippen LogP contribution in [-0.2, 0) is 18.9 Å². The van der Waals surface area contributed by atoms with Gasteiger partial charge in [-0.25, -0.2) is 0 Å². The number of hydrogen-bond acceptors (Lipinski definition) is 4. The van der Waals surface area contributed by atoms with Crippen LogP contribution >= 0.6 is 0 Å². The van der Waals surface area contributed by atoms with Gasteiger partial charge in [-0.2, -0.15) is 0 Å². The average Bonchev–Trinajstić information content (AvgIpc) is 2.49.